The molecule has 0 aliphatic carbocycles. The fourth-order valence-electron chi connectivity index (χ4n) is 2.15. The lowest BCUT2D eigenvalue weighted by Gasteiger charge is -1.94. The predicted octanol–water partition coefficient (Wildman–Crippen LogP) is 6.57. The summed E-state index contributed by atoms with van der Waals surface area (Å²) in [7, 11) is 0. The lowest BCUT2D eigenvalue weighted by molar-refractivity contribution is -0.131. The largest absolute Gasteiger partial charge is 0.478 e. The van der Waals surface area contributed by atoms with Crippen molar-refractivity contribution in [3.8, 4) is 0 Å². The second-order valence-electron chi connectivity index (χ2n) is 5.96. The summed E-state index contributed by atoms with van der Waals surface area (Å²) in [6.07, 6.45) is 32.4. The molecule has 0 unspecified atom stereocenters. The Labute approximate surface area is 165 Å². The fraction of sp³-hybridized carbons (Fsp3) is 0.458. The van der Waals surface area contributed by atoms with Crippen molar-refractivity contribution in [2.45, 2.75) is 58.3 Å². The van der Waals surface area contributed by atoms with E-state index >= 15 is 0 Å². The standard InChI is InChI=1S/C24H36O3/c1-2-27-23-21-19-17-15-13-11-9-7-5-3-4-6-8-10-12-14-16-18-20-22-24(25)26/h4-7,10-13,17,19-20,22H,2-3,8-9,14-16,18,21,23H2,1H3,(H,25,26)/b6-4-,7-5-,12-10?,13-11-,19-17-,22-20?. The van der Waals surface area contributed by atoms with Gasteiger partial charge in [-0.2, -0.15) is 0 Å². The molecule has 0 aromatic heterocycles. The van der Waals surface area contributed by atoms with Crippen LogP contribution in [0.2, 0.25) is 0 Å². The zero-order valence-corrected chi connectivity index (χ0v) is 16.8. The van der Waals surface area contributed by atoms with E-state index in [0.29, 0.717) is 0 Å². The van der Waals surface area contributed by atoms with E-state index in [2.05, 4.69) is 60.8 Å². The molecule has 150 valence electrons. The molecule has 0 saturated carbocycles. The SMILES string of the molecule is CCOCC/C=C\C/C=C\C/C=C\C/C=C\CC=CCCCC=CC(=O)O. The number of allylic oxidation sites excluding steroid dienone is 10. The highest BCUT2D eigenvalue weighted by Crippen LogP contribution is 2.00. The summed E-state index contributed by atoms with van der Waals surface area (Å²) in [4.78, 5) is 10.3. The van der Waals surface area contributed by atoms with Crippen molar-refractivity contribution < 1.29 is 14.6 Å². The predicted molar refractivity (Wildman–Crippen MR) is 116 cm³/mol. The van der Waals surface area contributed by atoms with Gasteiger partial charge >= 0.3 is 5.97 Å². The van der Waals surface area contributed by atoms with Crippen molar-refractivity contribution in [1.29, 1.82) is 0 Å². The average Bonchev–Trinajstić information content (AvgIpc) is 2.65. The van der Waals surface area contributed by atoms with Crippen LogP contribution in [-0.2, 0) is 9.53 Å². The number of carbonyl (C=O) groups is 1. The summed E-state index contributed by atoms with van der Waals surface area (Å²) >= 11 is 0. The van der Waals surface area contributed by atoms with Crippen LogP contribution in [0.15, 0.2) is 72.9 Å². The number of carboxylic acid groups (broad SMARTS) is 1. The van der Waals surface area contributed by atoms with Gasteiger partial charge in [0.1, 0.15) is 0 Å². The van der Waals surface area contributed by atoms with Crippen LogP contribution in [-0.4, -0.2) is 24.3 Å². The summed E-state index contributed by atoms with van der Waals surface area (Å²) in [5, 5.41) is 8.46. The smallest absolute Gasteiger partial charge is 0.327 e. The molecule has 0 saturated heterocycles. The monoisotopic (exact) mass is 372 g/mol. The van der Waals surface area contributed by atoms with Gasteiger partial charge in [-0.25, -0.2) is 4.79 Å². The van der Waals surface area contributed by atoms with E-state index in [9.17, 15) is 4.79 Å². The van der Waals surface area contributed by atoms with E-state index in [1.807, 2.05) is 6.92 Å². The maximum atomic E-state index is 10.3. The van der Waals surface area contributed by atoms with Gasteiger partial charge in [-0.15, -0.1) is 0 Å². The Morgan fingerprint density at radius 1 is 0.704 bits per heavy atom. The third kappa shape index (κ3) is 23.9. The Morgan fingerprint density at radius 2 is 1.15 bits per heavy atom. The van der Waals surface area contributed by atoms with Gasteiger partial charge in [0.05, 0.1) is 0 Å². The molecule has 1 N–H and O–H groups in total. The Morgan fingerprint density at radius 3 is 1.63 bits per heavy atom. The highest BCUT2D eigenvalue weighted by molar-refractivity contribution is 5.79. The summed E-state index contributed by atoms with van der Waals surface area (Å²) in [5.41, 5.74) is 0. The first kappa shape index (κ1) is 24.9. The number of hydrogen-bond acceptors (Lipinski definition) is 2. The quantitative estimate of drug-likeness (QED) is 0.178. The normalized spacial score (nSPS) is 12.9. The van der Waals surface area contributed by atoms with Gasteiger partial charge in [0.2, 0.25) is 0 Å². The van der Waals surface area contributed by atoms with E-state index in [4.69, 9.17) is 9.84 Å². The van der Waals surface area contributed by atoms with Gasteiger partial charge in [-0.3, -0.25) is 0 Å². The molecule has 3 nitrogen and oxygen atoms in total. The fourth-order valence-corrected chi connectivity index (χ4v) is 2.15. The van der Waals surface area contributed by atoms with E-state index < -0.39 is 5.97 Å². The van der Waals surface area contributed by atoms with Crippen molar-refractivity contribution in [3.63, 3.8) is 0 Å². The van der Waals surface area contributed by atoms with Crippen LogP contribution >= 0.6 is 0 Å². The molecule has 0 aliphatic rings. The zero-order chi connectivity index (χ0) is 19.8. The van der Waals surface area contributed by atoms with Crippen LogP contribution in [0.1, 0.15) is 58.3 Å². The van der Waals surface area contributed by atoms with Crippen molar-refractivity contribution >= 4 is 5.97 Å². The van der Waals surface area contributed by atoms with E-state index in [-0.39, 0.29) is 0 Å². The molecular formula is C24H36O3. The summed E-state index contributed by atoms with van der Waals surface area (Å²) in [5.74, 6) is -0.873. The molecule has 0 aromatic carbocycles. The van der Waals surface area contributed by atoms with Crippen LogP contribution in [0.4, 0.5) is 0 Å². The maximum absolute atomic E-state index is 10.3. The number of ether oxygens (including phenoxy) is 1. The van der Waals surface area contributed by atoms with Gasteiger partial charge in [0.15, 0.2) is 0 Å². The average molecular weight is 373 g/mol. The van der Waals surface area contributed by atoms with Crippen LogP contribution < -0.4 is 0 Å². The van der Waals surface area contributed by atoms with Gasteiger partial charge in [0, 0.05) is 19.3 Å². The van der Waals surface area contributed by atoms with Crippen LogP contribution in [0.25, 0.3) is 0 Å². The zero-order valence-electron chi connectivity index (χ0n) is 16.8. The second-order valence-corrected chi connectivity index (χ2v) is 5.96. The number of carboxylic acids is 1. The van der Waals surface area contributed by atoms with Gasteiger partial charge in [0.25, 0.3) is 0 Å². The van der Waals surface area contributed by atoms with Crippen LogP contribution in [0.3, 0.4) is 0 Å². The molecule has 0 amide bonds. The molecule has 0 heterocycles. The van der Waals surface area contributed by atoms with Gasteiger partial charge < -0.3 is 9.84 Å². The first-order chi connectivity index (χ1) is 13.3. The molecule has 0 fully saturated rings. The van der Waals surface area contributed by atoms with Crippen molar-refractivity contribution in [1.82, 2.24) is 0 Å². The molecular weight excluding hydrogens is 336 g/mol. The van der Waals surface area contributed by atoms with Crippen molar-refractivity contribution in [3.05, 3.63) is 72.9 Å². The molecule has 0 atom stereocenters. The number of aliphatic carboxylic acids is 1. The minimum absolute atomic E-state index is 0.793. The number of hydrogen-bond donors (Lipinski definition) is 1. The first-order valence-corrected chi connectivity index (χ1v) is 9.99. The van der Waals surface area contributed by atoms with Gasteiger partial charge in [-0.1, -0.05) is 66.8 Å². The minimum atomic E-state index is -0.873. The first-order valence-electron chi connectivity index (χ1n) is 9.99. The molecule has 0 bridgehead atoms. The van der Waals surface area contributed by atoms with Crippen LogP contribution in [0, 0.1) is 0 Å². The summed E-state index contributed by atoms with van der Waals surface area (Å²) < 4.78 is 5.27. The Bertz CT molecular complexity index is 508. The lowest BCUT2D eigenvalue weighted by atomic mass is 10.2. The highest BCUT2D eigenvalue weighted by atomic mass is 16.5. The van der Waals surface area contributed by atoms with Crippen molar-refractivity contribution in [2.24, 2.45) is 0 Å². The second kappa shape index (κ2) is 21.9. The van der Waals surface area contributed by atoms with E-state index in [0.717, 1.165) is 64.6 Å². The molecule has 27 heavy (non-hydrogen) atoms. The molecule has 3 heteroatoms. The highest BCUT2D eigenvalue weighted by Gasteiger charge is 1.85. The van der Waals surface area contributed by atoms with Crippen molar-refractivity contribution in [2.75, 3.05) is 13.2 Å². The summed E-state index contributed by atoms with van der Waals surface area (Å²) in [6.45, 7) is 3.62. The molecule has 0 spiro atoms. The minimum Gasteiger partial charge on any atom is -0.478 e. The third-order valence-corrected chi connectivity index (χ3v) is 3.56. The summed E-state index contributed by atoms with van der Waals surface area (Å²) in [6, 6.07) is 0. The Balaban J connectivity index is 3.48. The van der Waals surface area contributed by atoms with Crippen LogP contribution in [0.5, 0.6) is 0 Å². The van der Waals surface area contributed by atoms with Gasteiger partial charge in [-0.05, 0) is 58.3 Å². The van der Waals surface area contributed by atoms with E-state index in [1.54, 1.807) is 6.08 Å². The Kier molecular flexibility index (Phi) is 20.2. The topological polar surface area (TPSA) is 46.5 Å². The molecule has 0 aliphatic heterocycles. The lowest BCUT2D eigenvalue weighted by Crippen LogP contribution is -1.90. The molecule has 0 radical (unpaired) electrons. The number of unbranched alkanes of at least 4 members (excludes halogenated alkanes) is 2. The third-order valence-electron chi connectivity index (χ3n) is 3.56. The molecule has 0 aromatic rings. The Hall–Kier alpha value is -2.13. The molecule has 0 rings (SSSR count). The van der Waals surface area contributed by atoms with E-state index in [1.165, 1.54) is 6.08 Å². The maximum Gasteiger partial charge on any atom is 0.327 e. The number of rotatable bonds is 17.